The molecule has 2 aromatic heterocycles. The number of benzene rings is 1. The Labute approximate surface area is 170 Å². The topological polar surface area (TPSA) is 97.2 Å². The van der Waals surface area contributed by atoms with Crippen molar-refractivity contribution in [3.05, 3.63) is 71.7 Å². The zero-order valence-corrected chi connectivity index (χ0v) is 17.3. The fraction of sp³-hybridized carbons (Fsp3) is 0.250. The van der Waals surface area contributed by atoms with Crippen molar-refractivity contribution < 1.29 is 13.2 Å². The molecule has 1 aromatic carbocycles. The molecule has 3 aromatic rings. The summed E-state index contributed by atoms with van der Waals surface area (Å²) in [6.45, 7) is 2.23. The molecule has 2 heterocycles. The molecular weight excluding hydrogens is 390 g/mol. The Kier molecular flexibility index (Phi) is 6.09. The van der Waals surface area contributed by atoms with Crippen molar-refractivity contribution in [2.75, 3.05) is 14.1 Å². The number of hydrogen-bond donors (Lipinski definition) is 1. The molecule has 0 spiro atoms. The van der Waals surface area contributed by atoms with Gasteiger partial charge in [0.15, 0.2) is 5.82 Å². The van der Waals surface area contributed by atoms with E-state index in [1.165, 1.54) is 32.4 Å². The second-order valence-corrected chi connectivity index (χ2v) is 8.72. The van der Waals surface area contributed by atoms with Crippen LogP contribution in [0.1, 0.15) is 28.5 Å². The van der Waals surface area contributed by atoms with Crippen LogP contribution in [0.2, 0.25) is 0 Å². The number of amides is 1. The Morgan fingerprint density at radius 1 is 1.14 bits per heavy atom. The number of carbonyl (C=O) groups excluding carboxylic acids is 1. The highest BCUT2D eigenvalue weighted by atomic mass is 32.2. The maximum absolute atomic E-state index is 12.7. The third kappa shape index (κ3) is 4.36. The molecule has 0 bridgehead atoms. The van der Waals surface area contributed by atoms with Crippen molar-refractivity contribution in [2.45, 2.75) is 24.8 Å². The van der Waals surface area contributed by atoms with E-state index in [4.69, 9.17) is 0 Å². The van der Waals surface area contributed by atoms with Crippen molar-refractivity contribution in [3.8, 4) is 5.82 Å². The highest BCUT2D eigenvalue weighted by Gasteiger charge is 2.18. The van der Waals surface area contributed by atoms with Crippen LogP contribution < -0.4 is 5.32 Å². The molecule has 152 valence electrons. The Morgan fingerprint density at radius 2 is 1.86 bits per heavy atom. The second-order valence-electron chi connectivity index (χ2n) is 6.57. The predicted molar refractivity (Wildman–Crippen MR) is 109 cm³/mol. The first-order valence-corrected chi connectivity index (χ1v) is 10.6. The molecule has 0 saturated heterocycles. The van der Waals surface area contributed by atoms with Gasteiger partial charge < -0.3 is 5.32 Å². The van der Waals surface area contributed by atoms with E-state index in [1.54, 1.807) is 23.0 Å². The van der Waals surface area contributed by atoms with Gasteiger partial charge in [-0.2, -0.15) is 5.10 Å². The molecule has 8 nitrogen and oxygen atoms in total. The largest absolute Gasteiger partial charge is 0.348 e. The van der Waals surface area contributed by atoms with Crippen molar-refractivity contribution in [1.82, 2.24) is 24.4 Å². The minimum absolute atomic E-state index is 0.211. The first-order chi connectivity index (χ1) is 13.8. The number of hydrogen-bond acceptors (Lipinski definition) is 5. The number of aromatic nitrogens is 3. The number of nitrogens with one attached hydrogen (secondary N) is 1. The zero-order chi connectivity index (χ0) is 21.0. The molecular formula is C20H23N5O3S. The molecule has 0 aliphatic rings. The van der Waals surface area contributed by atoms with E-state index >= 15 is 0 Å². The Morgan fingerprint density at radius 3 is 2.45 bits per heavy atom. The van der Waals surface area contributed by atoms with E-state index in [2.05, 4.69) is 15.4 Å². The smallest absolute Gasteiger partial charge is 0.255 e. The van der Waals surface area contributed by atoms with Crippen LogP contribution in [0, 0.1) is 0 Å². The van der Waals surface area contributed by atoms with Gasteiger partial charge in [-0.3, -0.25) is 4.79 Å². The van der Waals surface area contributed by atoms with Crippen LogP contribution in [0.25, 0.3) is 5.82 Å². The normalized spacial score (nSPS) is 11.6. The lowest BCUT2D eigenvalue weighted by molar-refractivity contribution is 0.0950. The standard InChI is InChI=1S/C20H23N5O3S/c1-4-18-17(14-23-25(18)19-7-5-6-12-21-19)20(26)22-13-15-8-10-16(11-9-15)29(27,28)24(2)3/h5-12,14H,4,13H2,1-3H3,(H,22,26). The maximum Gasteiger partial charge on any atom is 0.255 e. The van der Waals surface area contributed by atoms with Gasteiger partial charge in [0.05, 0.1) is 22.3 Å². The van der Waals surface area contributed by atoms with Gasteiger partial charge in [0, 0.05) is 26.8 Å². The summed E-state index contributed by atoms with van der Waals surface area (Å²) in [7, 11) is -0.499. The summed E-state index contributed by atoms with van der Waals surface area (Å²) >= 11 is 0. The fourth-order valence-electron chi connectivity index (χ4n) is 2.85. The number of carbonyl (C=O) groups is 1. The van der Waals surface area contributed by atoms with Gasteiger partial charge in [0.2, 0.25) is 10.0 Å². The van der Waals surface area contributed by atoms with E-state index in [0.29, 0.717) is 17.8 Å². The summed E-state index contributed by atoms with van der Waals surface area (Å²) in [5, 5.41) is 7.17. The average Bonchev–Trinajstić information content (AvgIpc) is 3.17. The van der Waals surface area contributed by atoms with Gasteiger partial charge in [-0.25, -0.2) is 22.4 Å². The molecule has 0 atom stereocenters. The van der Waals surface area contributed by atoms with Crippen molar-refractivity contribution in [3.63, 3.8) is 0 Å². The Hall–Kier alpha value is -3.04. The van der Waals surface area contributed by atoms with Crippen molar-refractivity contribution >= 4 is 15.9 Å². The van der Waals surface area contributed by atoms with Crippen LogP contribution in [0.4, 0.5) is 0 Å². The van der Waals surface area contributed by atoms with Gasteiger partial charge in [-0.05, 0) is 36.2 Å². The summed E-state index contributed by atoms with van der Waals surface area (Å²) in [6, 6.07) is 12.0. The van der Waals surface area contributed by atoms with Gasteiger partial charge in [-0.1, -0.05) is 25.1 Å². The van der Waals surface area contributed by atoms with Crippen LogP contribution in [0.3, 0.4) is 0 Å². The van der Waals surface area contributed by atoms with Gasteiger partial charge in [0.25, 0.3) is 5.91 Å². The van der Waals surface area contributed by atoms with Crippen LogP contribution in [-0.4, -0.2) is 47.5 Å². The highest BCUT2D eigenvalue weighted by molar-refractivity contribution is 7.89. The van der Waals surface area contributed by atoms with Gasteiger partial charge >= 0.3 is 0 Å². The lowest BCUT2D eigenvalue weighted by Gasteiger charge is -2.12. The third-order valence-corrected chi connectivity index (χ3v) is 6.30. The molecule has 0 aliphatic carbocycles. The molecule has 3 rings (SSSR count). The molecule has 0 radical (unpaired) electrons. The lowest BCUT2D eigenvalue weighted by atomic mass is 10.1. The van der Waals surface area contributed by atoms with Gasteiger partial charge in [-0.15, -0.1) is 0 Å². The molecule has 0 fully saturated rings. The maximum atomic E-state index is 12.7. The molecule has 0 aliphatic heterocycles. The van der Waals surface area contributed by atoms with Crippen molar-refractivity contribution in [1.29, 1.82) is 0 Å². The molecule has 0 saturated carbocycles. The fourth-order valence-corrected chi connectivity index (χ4v) is 3.75. The van der Waals surface area contributed by atoms with Crippen LogP contribution in [0.5, 0.6) is 0 Å². The lowest BCUT2D eigenvalue weighted by Crippen LogP contribution is -2.24. The summed E-state index contributed by atoms with van der Waals surface area (Å²) in [5.74, 6) is 0.412. The molecule has 0 unspecified atom stereocenters. The first-order valence-electron chi connectivity index (χ1n) is 9.12. The van der Waals surface area contributed by atoms with E-state index in [1.807, 2.05) is 25.1 Å². The quantitative estimate of drug-likeness (QED) is 0.639. The second kappa shape index (κ2) is 8.54. The van der Waals surface area contributed by atoms with E-state index in [0.717, 1.165) is 15.6 Å². The van der Waals surface area contributed by atoms with E-state index in [9.17, 15) is 13.2 Å². The number of rotatable bonds is 7. The molecule has 1 amide bonds. The summed E-state index contributed by atoms with van der Waals surface area (Å²) < 4.78 is 27.1. The Balaban J connectivity index is 1.73. The predicted octanol–water partition coefficient (Wildman–Crippen LogP) is 2.01. The summed E-state index contributed by atoms with van der Waals surface area (Å²) in [5.41, 5.74) is 2.06. The number of nitrogens with zero attached hydrogens (tertiary/aromatic N) is 4. The monoisotopic (exact) mass is 413 g/mol. The minimum Gasteiger partial charge on any atom is -0.348 e. The van der Waals surface area contributed by atoms with Crippen molar-refractivity contribution in [2.24, 2.45) is 0 Å². The third-order valence-electron chi connectivity index (χ3n) is 4.47. The molecule has 1 N–H and O–H groups in total. The van der Waals surface area contributed by atoms with Crippen LogP contribution in [-0.2, 0) is 23.0 Å². The van der Waals surface area contributed by atoms with Crippen LogP contribution >= 0.6 is 0 Å². The van der Waals surface area contributed by atoms with E-state index in [-0.39, 0.29) is 17.3 Å². The van der Waals surface area contributed by atoms with Crippen LogP contribution in [0.15, 0.2) is 59.8 Å². The summed E-state index contributed by atoms with van der Waals surface area (Å²) in [6.07, 6.45) is 3.84. The number of pyridine rings is 1. The Bertz CT molecular complexity index is 1090. The molecule has 29 heavy (non-hydrogen) atoms. The van der Waals surface area contributed by atoms with E-state index < -0.39 is 10.0 Å². The number of sulfonamides is 1. The SMILES string of the molecule is CCc1c(C(=O)NCc2ccc(S(=O)(=O)N(C)C)cc2)cnn1-c1ccccn1. The highest BCUT2D eigenvalue weighted by Crippen LogP contribution is 2.16. The van der Waals surface area contributed by atoms with Gasteiger partial charge in [0.1, 0.15) is 0 Å². The summed E-state index contributed by atoms with van der Waals surface area (Å²) in [4.78, 5) is 17.2. The average molecular weight is 414 g/mol. The minimum atomic E-state index is -3.47. The molecule has 9 heteroatoms. The zero-order valence-electron chi connectivity index (χ0n) is 16.5. The first kappa shape index (κ1) is 20.7.